The van der Waals surface area contributed by atoms with Crippen LogP contribution >= 0.6 is 0 Å². The number of para-hydroxylation sites is 2. The molecule has 1 aromatic carbocycles. The van der Waals surface area contributed by atoms with Gasteiger partial charge in [0.25, 0.3) is 0 Å². The van der Waals surface area contributed by atoms with Crippen molar-refractivity contribution in [1.82, 2.24) is 24.2 Å². The Kier molecular flexibility index (Phi) is 4.10. The average molecular weight is 323 g/mol. The highest BCUT2D eigenvalue weighted by Crippen LogP contribution is 2.32. The molecule has 0 bridgehead atoms. The summed E-state index contributed by atoms with van der Waals surface area (Å²) in [7, 11) is 2.15. The van der Waals surface area contributed by atoms with Crippen molar-refractivity contribution in [3.8, 4) is 0 Å². The molecular formula is C19H25N5. The molecule has 1 atom stereocenters. The lowest BCUT2D eigenvalue weighted by Crippen LogP contribution is -2.27. The third-order valence-electron chi connectivity index (χ3n) is 5.08. The summed E-state index contributed by atoms with van der Waals surface area (Å²) < 4.78 is 4.32. The van der Waals surface area contributed by atoms with Crippen molar-refractivity contribution in [3.05, 3.63) is 48.0 Å². The van der Waals surface area contributed by atoms with Gasteiger partial charge in [-0.1, -0.05) is 12.1 Å². The maximum absolute atomic E-state index is 4.92. The van der Waals surface area contributed by atoms with Crippen molar-refractivity contribution in [2.75, 3.05) is 13.1 Å². The molecule has 0 spiro atoms. The monoisotopic (exact) mass is 323 g/mol. The minimum atomic E-state index is 0.446. The molecule has 0 radical (unpaired) electrons. The maximum atomic E-state index is 4.92. The molecule has 3 aromatic rings. The van der Waals surface area contributed by atoms with E-state index >= 15 is 0 Å². The fourth-order valence-electron chi connectivity index (χ4n) is 3.87. The number of hydrogen-bond donors (Lipinski definition) is 0. The van der Waals surface area contributed by atoms with Gasteiger partial charge in [0.1, 0.15) is 5.82 Å². The van der Waals surface area contributed by atoms with Gasteiger partial charge in [-0.2, -0.15) is 5.10 Å². The van der Waals surface area contributed by atoms with Crippen molar-refractivity contribution in [3.63, 3.8) is 0 Å². The zero-order valence-corrected chi connectivity index (χ0v) is 14.5. The molecule has 5 nitrogen and oxygen atoms in total. The first-order chi connectivity index (χ1) is 11.7. The lowest BCUT2D eigenvalue weighted by Gasteiger charge is -2.24. The molecule has 4 rings (SSSR count). The Morgan fingerprint density at radius 1 is 1.21 bits per heavy atom. The standard InChI is InChI=1S/C19H25N5/c1-15-13-20-24(14-15)12-6-11-23-10-5-9-18(23)19-21-16-7-3-4-8-17(16)22(19)2/h3-4,7-8,13-14,18H,5-6,9-12H2,1-2H3/t18-/m1/s1. The summed E-state index contributed by atoms with van der Waals surface area (Å²) in [5.74, 6) is 1.21. The fraction of sp³-hybridized carbons (Fsp3) is 0.474. The van der Waals surface area contributed by atoms with E-state index in [0.29, 0.717) is 6.04 Å². The highest BCUT2D eigenvalue weighted by Gasteiger charge is 2.29. The minimum absolute atomic E-state index is 0.446. The van der Waals surface area contributed by atoms with Crippen LogP contribution in [-0.2, 0) is 13.6 Å². The van der Waals surface area contributed by atoms with Gasteiger partial charge < -0.3 is 4.57 Å². The molecule has 1 fully saturated rings. The van der Waals surface area contributed by atoms with Gasteiger partial charge in [-0.15, -0.1) is 0 Å². The first-order valence-electron chi connectivity index (χ1n) is 8.87. The Bertz CT molecular complexity index is 831. The Morgan fingerprint density at radius 2 is 2.08 bits per heavy atom. The van der Waals surface area contributed by atoms with E-state index in [1.165, 1.54) is 36.3 Å². The number of hydrogen-bond acceptors (Lipinski definition) is 3. The molecule has 1 aliphatic heterocycles. The molecule has 5 heteroatoms. The van der Waals surface area contributed by atoms with E-state index in [1.54, 1.807) is 0 Å². The largest absolute Gasteiger partial charge is 0.330 e. The molecule has 0 aliphatic carbocycles. The molecule has 3 heterocycles. The second-order valence-corrected chi connectivity index (χ2v) is 6.85. The van der Waals surface area contributed by atoms with Crippen molar-refractivity contribution < 1.29 is 0 Å². The summed E-state index contributed by atoms with van der Waals surface area (Å²) in [6.45, 7) is 5.35. The summed E-state index contributed by atoms with van der Waals surface area (Å²) in [5, 5.41) is 4.38. The topological polar surface area (TPSA) is 38.9 Å². The summed E-state index contributed by atoms with van der Waals surface area (Å²) in [6, 6.07) is 8.87. The van der Waals surface area contributed by atoms with Crippen LogP contribution in [0.5, 0.6) is 0 Å². The van der Waals surface area contributed by atoms with Crippen LogP contribution in [0.4, 0.5) is 0 Å². The molecular weight excluding hydrogens is 298 g/mol. The average Bonchev–Trinajstić information content (AvgIpc) is 3.28. The van der Waals surface area contributed by atoms with Crippen molar-refractivity contribution in [2.45, 2.75) is 38.8 Å². The third-order valence-corrected chi connectivity index (χ3v) is 5.08. The third kappa shape index (κ3) is 2.84. The van der Waals surface area contributed by atoms with Crippen molar-refractivity contribution >= 4 is 11.0 Å². The normalized spacial score (nSPS) is 18.7. The van der Waals surface area contributed by atoms with Gasteiger partial charge in [0.05, 0.1) is 23.3 Å². The fourth-order valence-corrected chi connectivity index (χ4v) is 3.87. The summed E-state index contributed by atoms with van der Waals surface area (Å²) in [4.78, 5) is 7.51. The van der Waals surface area contributed by atoms with Crippen LogP contribution in [0.15, 0.2) is 36.7 Å². The molecule has 0 N–H and O–H groups in total. The van der Waals surface area contributed by atoms with Crippen LogP contribution in [-0.4, -0.2) is 37.3 Å². The Morgan fingerprint density at radius 3 is 2.88 bits per heavy atom. The van der Waals surface area contributed by atoms with Gasteiger partial charge >= 0.3 is 0 Å². The van der Waals surface area contributed by atoms with E-state index in [-0.39, 0.29) is 0 Å². The van der Waals surface area contributed by atoms with Crippen LogP contribution in [0.25, 0.3) is 11.0 Å². The first kappa shape index (κ1) is 15.4. The highest BCUT2D eigenvalue weighted by atomic mass is 15.3. The number of fused-ring (bicyclic) bond motifs is 1. The van der Waals surface area contributed by atoms with Gasteiger partial charge in [-0.3, -0.25) is 9.58 Å². The van der Waals surface area contributed by atoms with Gasteiger partial charge in [0.15, 0.2) is 0 Å². The summed E-state index contributed by atoms with van der Waals surface area (Å²) in [5.41, 5.74) is 3.56. The number of benzene rings is 1. The highest BCUT2D eigenvalue weighted by molar-refractivity contribution is 5.75. The van der Waals surface area contributed by atoms with E-state index < -0.39 is 0 Å². The van der Waals surface area contributed by atoms with Gasteiger partial charge in [-0.25, -0.2) is 4.98 Å². The first-order valence-corrected chi connectivity index (χ1v) is 8.87. The molecule has 2 aromatic heterocycles. The molecule has 1 saturated heterocycles. The summed E-state index contributed by atoms with van der Waals surface area (Å²) in [6.07, 6.45) is 7.64. The van der Waals surface area contributed by atoms with Crippen molar-refractivity contribution in [2.24, 2.45) is 7.05 Å². The van der Waals surface area contributed by atoms with E-state index in [9.17, 15) is 0 Å². The molecule has 0 unspecified atom stereocenters. The molecule has 24 heavy (non-hydrogen) atoms. The lowest BCUT2D eigenvalue weighted by molar-refractivity contribution is 0.237. The lowest BCUT2D eigenvalue weighted by atomic mass is 10.2. The second kappa shape index (κ2) is 6.40. The van der Waals surface area contributed by atoms with Gasteiger partial charge in [0, 0.05) is 26.3 Å². The smallest absolute Gasteiger partial charge is 0.127 e. The maximum Gasteiger partial charge on any atom is 0.127 e. The number of likely N-dealkylation sites (tertiary alicyclic amines) is 1. The van der Waals surface area contributed by atoms with E-state index in [0.717, 1.165) is 25.0 Å². The zero-order valence-electron chi connectivity index (χ0n) is 14.5. The Balaban J connectivity index is 1.46. The number of imidazole rings is 1. The van der Waals surface area contributed by atoms with E-state index in [1.807, 2.05) is 6.20 Å². The number of rotatable bonds is 5. The number of aryl methyl sites for hydroxylation is 3. The Hall–Kier alpha value is -2.14. The van der Waals surface area contributed by atoms with Crippen LogP contribution in [0, 0.1) is 6.92 Å². The zero-order chi connectivity index (χ0) is 16.5. The molecule has 0 amide bonds. The SMILES string of the molecule is Cc1cnn(CCCN2CCC[C@@H]2c2nc3ccccc3n2C)c1. The van der Waals surface area contributed by atoms with E-state index in [4.69, 9.17) is 4.98 Å². The minimum Gasteiger partial charge on any atom is -0.330 e. The van der Waals surface area contributed by atoms with Gasteiger partial charge in [0.2, 0.25) is 0 Å². The quantitative estimate of drug-likeness (QED) is 0.723. The van der Waals surface area contributed by atoms with Crippen LogP contribution < -0.4 is 0 Å². The number of nitrogens with zero attached hydrogens (tertiary/aromatic N) is 5. The predicted molar refractivity (Wildman–Crippen MR) is 95.8 cm³/mol. The second-order valence-electron chi connectivity index (χ2n) is 6.85. The van der Waals surface area contributed by atoms with Crippen LogP contribution in [0.3, 0.4) is 0 Å². The summed E-state index contributed by atoms with van der Waals surface area (Å²) >= 11 is 0. The van der Waals surface area contributed by atoms with E-state index in [2.05, 4.69) is 63.7 Å². The molecule has 126 valence electrons. The van der Waals surface area contributed by atoms with Gasteiger partial charge in [-0.05, 0) is 50.4 Å². The Labute approximate surface area is 142 Å². The van der Waals surface area contributed by atoms with Crippen molar-refractivity contribution in [1.29, 1.82) is 0 Å². The molecule has 0 saturated carbocycles. The van der Waals surface area contributed by atoms with Crippen LogP contribution in [0.1, 0.15) is 36.7 Å². The van der Waals surface area contributed by atoms with Crippen LogP contribution in [0.2, 0.25) is 0 Å². The number of aromatic nitrogens is 4. The molecule has 1 aliphatic rings. The predicted octanol–water partition coefficient (Wildman–Crippen LogP) is 3.31.